The lowest BCUT2D eigenvalue weighted by Gasteiger charge is -2.40. The van der Waals surface area contributed by atoms with Crippen LogP contribution in [0.15, 0.2) is 47.7 Å². The third-order valence-corrected chi connectivity index (χ3v) is 4.82. The van der Waals surface area contributed by atoms with Gasteiger partial charge in [-0.15, -0.1) is 0 Å². The molecular weight excluding hydrogens is 392 g/mol. The van der Waals surface area contributed by atoms with Crippen LogP contribution >= 0.6 is 0 Å². The molecule has 168 valence electrons. The van der Waals surface area contributed by atoms with Crippen LogP contribution in [-0.4, -0.2) is 64.3 Å². The number of aromatic nitrogens is 2. The number of rotatable bonds is 7. The van der Waals surface area contributed by atoms with E-state index in [4.69, 9.17) is 9.73 Å². The third kappa shape index (κ3) is 7.01. The van der Waals surface area contributed by atoms with Gasteiger partial charge in [0, 0.05) is 51.5 Å². The average Bonchev–Trinajstić information content (AvgIpc) is 3.10. The summed E-state index contributed by atoms with van der Waals surface area (Å²) in [5, 5.41) is 6.67. The van der Waals surface area contributed by atoms with Gasteiger partial charge in [0.15, 0.2) is 5.96 Å². The fourth-order valence-corrected chi connectivity index (χ4v) is 3.32. The molecule has 2 heterocycles. The van der Waals surface area contributed by atoms with Crippen molar-refractivity contribution in [3.8, 4) is 0 Å². The van der Waals surface area contributed by atoms with Gasteiger partial charge in [-0.3, -0.25) is 4.99 Å². The number of aliphatic imine (C=N–C) groups is 1. The Balaban J connectivity index is 1.48. The molecule has 1 amide bonds. The van der Waals surface area contributed by atoms with E-state index in [9.17, 15) is 4.79 Å². The maximum absolute atomic E-state index is 12.1. The highest BCUT2D eigenvalue weighted by Gasteiger charge is 2.34. The van der Waals surface area contributed by atoms with Gasteiger partial charge in [-0.2, -0.15) is 0 Å². The minimum Gasteiger partial charge on any atom is -0.444 e. The van der Waals surface area contributed by atoms with Gasteiger partial charge >= 0.3 is 6.09 Å². The normalized spacial score (nSPS) is 14.8. The van der Waals surface area contributed by atoms with E-state index in [2.05, 4.69) is 44.5 Å². The van der Waals surface area contributed by atoms with Crippen LogP contribution in [-0.2, 0) is 17.7 Å². The number of carbonyl (C=O) groups is 1. The van der Waals surface area contributed by atoms with Crippen molar-refractivity contribution in [3.63, 3.8) is 0 Å². The Labute approximate surface area is 184 Å². The minimum absolute atomic E-state index is 0.172. The molecule has 0 radical (unpaired) electrons. The topological polar surface area (TPSA) is 83.8 Å². The third-order valence-electron chi connectivity index (χ3n) is 4.82. The zero-order chi connectivity index (χ0) is 22.3. The maximum atomic E-state index is 12.1. The number of ether oxygens (including phenoxy) is 1. The summed E-state index contributed by atoms with van der Waals surface area (Å²) in [6, 6.07) is 10.5. The lowest BCUT2D eigenvalue weighted by Crippen LogP contribution is -2.63. The van der Waals surface area contributed by atoms with Crippen LogP contribution < -0.4 is 10.6 Å². The van der Waals surface area contributed by atoms with Gasteiger partial charge in [0.1, 0.15) is 11.4 Å². The molecule has 0 aliphatic carbocycles. The second-order valence-electron chi connectivity index (χ2n) is 8.69. The first-order valence-electron chi connectivity index (χ1n) is 10.9. The van der Waals surface area contributed by atoms with Crippen LogP contribution in [0.1, 0.15) is 39.1 Å². The Morgan fingerprint density at radius 3 is 2.68 bits per heavy atom. The highest BCUT2D eigenvalue weighted by atomic mass is 16.6. The maximum Gasteiger partial charge on any atom is 0.410 e. The first-order chi connectivity index (χ1) is 14.8. The first kappa shape index (κ1) is 22.7. The van der Waals surface area contributed by atoms with E-state index in [1.807, 2.05) is 46.2 Å². The summed E-state index contributed by atoms with van der Waals surface area (Å²) in [5.41, 5.74) is 0.776. The van der Waals surface area contributed by atoms with E-state index < -0.39 is 5.60 Å². The van der Waals surface area contributed by atoms with Crippen LogP contribution in [0, 0.1) is 0 Å². The summed E-state index contributed by atoms with van der Waals surface area (Å²) in [7, 11) is 0. The fourth-order valence-electron chi connectivity index (χ4n) is 3.32. The van der Waals surface area contributed by atoms with Crippen molar-refractivity contribution in [1.82, 2.24) is 25.1 Å². The lowest BCUT2D eigenvalue weighted by molar-refractivity contribution is 0.00700. The Morgan fingerprint density at radius 2 is 2.00 bits per heavy atom. The van der Waals surface area contributed by atoms with Gasteiger partial charge < -0.3 is 24.8 Å². The van der Waals surface area contributed by atoms with E-state index in [-0.39, 0.29) is 12.1 Å². The van der Waals surface area contributed by atoms with E-state index in [1.54, 1.807) is 4.90 Å². The number of hydrogen-bond acceptors (Lipinski definition) is 4. The van der Waals surface area contributed by atoms with Crippen molar-refractivity contribution in [2.75, 3.05) is 26.2 Å². The van der Waals surface area contributed by atoms with E-state index in [0.717, 1.165) is 31.3 Å². The summed E-state index contributed by atoms with van der Waals surface area (Å²) in [4.78, 5) is 23.0. The SMILES string of the molecule is CCNC(=NCCc1nccn1Cc1ccccc1)NC1CN(C(=O)OC(C)(C)C)C1. The molecule has 1 aromatic carbocycles. The Hall–Kier alpha value is -3.03. The fraction of sp³-hybridized carbons (Fsp3) is 0.522. The van der Waals surface area contributed by atoms with Crippen molar-refractivity contribution in [2.45, 2.75) is 52.3 Å². The summed E-state index contributed by atoms with van der Waals surface area (Å²) >= 11 is 0. The molecule has 8 heteroatoms. The highest BCUT2D eigenvalue weighted by molar-refractivity contribution is 5.80. The Kier molecular flexibility index (Phi) is 7.55. The number of likely N-dealkylation sites (tertiary alicyclic amines) is 1. The highest BCUT2D eigenvalue weighted by Crippen LogP contribution is 2.15. The largest absolute Gasteiger partial charge is 0.444 e. The molecule has 8 nitrogen and oxygen atoms in total. The molecular formula is C23H34N6O2. The molecule has 31 heavy (non-hydrogen) atoms. The molecule has 2 N–H and O–H groups in total. The van der Waals surface area contributed by atoms with Crippen molar-refractivity contribution in [3.05, 3.63) is 54.1 Å². The molecule has 2 aromatic rings. The smallest absolute Gasteiger partial charge is 0.410 e. The average molecular weight is 427 g/mol. The molecule has 0 unspecified atom stereocenters. The predicted octanol–water partition coefficient (Wildman–Crippen LogP) is 2.65. The summed E-state index contributed by atoms with van der Waals surface area (Å²) < 4.78 is 7.57. The monoisotopic (exact) mass is 426 g/mol. The second-order valence-corrected chi connectivity index (χ2v) is 8.69. The summed E-state index contributed by atoms with van der Waals surface area (Å²) in [5.74, 6) is 1.78. The van der Waals surface area contributed by atoms with Gasteiger partial charge in [0.2, 0.25) is 0 Å². The molecule has 1 aromatic heterocycles. The number of nitrogens with one attached hydrogen (secondary N) is 2. The first-order valence-corrected chi connectivity index (χ1v) is 10.9. The van der Waals surface area contributed by atoms with Gasteiger partial charge in [0.25, 0.3) is 0 Å². The van der Waals surface area contributed by atoms with Crippen molar-refractivity contribution in [1.29, 1.82) is 0 Å². The number of imidazole rings is 1. The van der Waals surface area contributed by atoms with Crippen molar-refractivity contribution in [2.24, 2.45) is 4.99 Å². The quantitative estimate of drug-likeness (QED) is 0.525. The van der Waals surface area contributed by atoms with E-state index >= 15 is 0 Å². The van der Waals surface area contributed by atoms with Crippen LogP contribution in [0.3, 0.4) is 0 Å². The predicted molar refractivity (Wildman–Crippen MR) is 122 cm³/mol. The number of amides is 1. The Morgan fingerprint density at radius 1 is 1.26 bits per heavy atom. The molecule has 0 atom stereocenters. The molecule has 1 aliphatic heterocycles. The summed E-state index contributed by atoms with van der Waals surface area (Å²) in [6.45, 7) is 11.1. The molecule has 0 bridgehead atoms. The molecule has 1 saturated heterocycles. The van der Waals surface area contributed by atoms with Crippen LogP contribution in [0.4, 0.5) is 4.79 Å². The van der Waals surface area contributed by atoms with E-state index in [1.165, 1.54) is 5.56 Å². The number of guanidine groups is 1. The zero-order valence-electron chi connectivity index (χ0n) is 19.0. The minimum atomic E-state index is -0.474. The molecule has 3 rings (SSSR count). The lowest BCUT2D eigenvalue weighted by atomic mass is 10.1. The number of carbonyl (C=O) groups excluding carboxylic acids is 1. The van der Waals surface area contributed by atoms with Gasteiger partial charge in [0.05, 0.1) is 6.04 Å². The van der Waals surface area contributed by atoms with Gasteiger partial charge in [-0.25, -0.2) is 9.78 Å². The number of hydrogen-bond donors (Lipinski definition) is 2. The van der Waals surface area contributed by atoms with Crippen molar-refractivity contribution < 1.29 is 9.53 Å². The number of nitrogens with zero attached hydrogens (tertiary/aromatic N) is 4. The molecule has 0 saturated carbocycles. The van der Waals surface area contributed by atoms with Gasteiger partial charge in [-0.05, 0) is 33.3 Å². The van der Waals surface area contributed by atoms with E-state index in [0.29, 0.717) is 19.6 Å². The molecule has 0 spiro atoms. The number of benzene rings is 1. The van der Waals surface area contributed by atoms with Crippen molar-refractivity contribution >= 4 is 12.1 Å². The van der Waals surface area contributed by atoms with Crippen LogP contribution in [0.2, 0.25) is 0 Å². The van der Waals surface area contributed by atoms with Gasteiger partial charge in [-0.1, -0.05) is 30.3 Å². The van der Waals surface area contributed by atoms with Crippen LogP contribution in [0.25, 0.3) is 0 Å². The second kappa shape index (κ2) is 10.3. The summed E-state index contributed by atoms with van der Waals surface area (Å²) in [6.07, 6.45) is 4.34. The standard InChI is InChI=1S/C23H34N6O2/c1-5-24-21(27-19-16-29(17-19)22(30)31-23(2,3)4)26-12-11-20-25-13-14-28(20)15-18-9-7-6-8-10-18/h6-10,13-14,19H,5,11-12,15-17H2,1-4H3,(H2,24,26,27). The zero-order valence-corrected chi connectivity index (χ0v) is 19.0. The Bertz CT molecular complexity index is 866. The molecule has 1 fully saturated rings. The molecule has 1 aliphatic rings. The van der Waals surface area contributed by atoms with Crippen LogP contribution in [0.5, 0.6) is 0 Å².